The summed E-state index contributed by atoms with van der Waals surface area (Å²) in [7, 11) is 0. The van der Waals surface area contributed by atoms with Gasteiger partial charge in [-0.2, -0.15) is 0 Å². The molecule has 17 heavy (non-hydrogen) atoms. The van der Waals surface area contributed by atoms with Gasteiger partial charge >= 0.3 is 0 Å². The second kappa shape index (κ2) is 14.2. The molecule has 0 amide bonds. The third-order valence-electron chi connectivity index (χ3n) is 1.99. The van der Waals surface area contributed by atoms with Crippen LogP contribution < -0.4 is 0 Å². The molecule has 0 aromatic rings. The first-order chi connectivity index (χ1) is 8.41. The fraction of sp³-hybridized carbons (Fsp3) is 0.529. The highest BCUT2D eigenvalue weighted by Crippen LogP contribution is 1.96. The molecular weight excluding hydrogens is 204 g/mol. The molecule has 88 valence electrons. The zero-order valence-electron chi connectivity index (χ0n) is 10.9. The van der Waals surface area contributed by atoms with Gasteiger partial charge in [-0.3, -0.25) is 0 Å². The van der Waals surface area contributed by atoms with Gasteiger partial charge in [-0.05, 0) is 13.3 Å². The molecule has 0 aliphatic rings. The van der Waals surface area contributed by atoms with Gasteiger partial charge in [-0.1, -0.05) is 55.3 Å². The maximum Gasteiger partial charge on any atom is 0.0703 e. The Bertz CT molecular complexity index is 410. The maximum absolute atomic E-state index is 3.13. The van der Waals surface area contributed by atoms with E-state index >= 15 is 0 Å². The molecule has 0 unspecified atom stereocenters. The van der Waals surface area contributed by atoms with Crippen LogP contribution in [0.4, 0.5) is 0 Å². The number of rotatable bonds is 3. The summed E-state index contributed by atoms with van der Waals surface area (Å²) in [6.07, 6.45) is 6.69. The lowest BCUT2D eigenvalue weighted by molar-refractivity contribution is 0.737. The Balaban J connectivity index is 3.52. The van der Waals surface area contributed by atoms with Gasteiger partial charge in [0.05, 0.1) is 19.3 Å². The molecule has 0 radical (unpaired) electrons. The largest absolute Gasteiger partial charge is 0.106 e. The molecule has 0 spiro atoms. The van der Waals surface area contributed by atoms with E-state index in [1.54, 1.807) is 0 Å². The lowest BCUT2D eigenvalue weighted by Crippen LogP contribution is -1.71. The topological polar surface area (TPSA) is 0 Å². The zero-order chi connectivity index (χ0) is 12.6. The van der Waals surface area contributed by atoms with Crippen molar-refractivity contribution in [2.45, 2.75) is 58.8 Å². The minimum absolute atomic E-state index is 0.628. The van der Waals surface area contributed by atoms with Crippen molar-refractivity contribution in [1.82, 2.24) is 0 Å². The van der Waals surface area contributed by atoms with E-state index < -0.39 is 0 Å². The van der Waals surface area contributed by atoms with Crippen molar-refractivity contribution >= 4 is 0 Å². The molecule has 0 nitrogen and oxygen atoms in total. The van der Waals surface area contributed by atoms with Crippen LogP contribution >= 0.6 is 0 Å². The van der Waals surface area contributed by atoms with E-state index in [-0.39, 0.29) is 0 Å². The summed E-state index contributed by atoms with van der Waals surface area (Å²) in [5.41, 5.74) is 0. The standard InChI is InChI=1S/C17H20/c1-3-5-7-9-11-13-15-17-16-14-12-10-8-6-4-2/h3,5,7-9,14-15H2,1-2H3. The van der Waals surface area contributed by atoms with Crippen molar-refractivity contribution in [2.24, 2.45) is 0 Å². The summed E-state index contributed by atoms with van der Waals surface area (Å²) in [6, 6.07) is 0. The second-order valence-electron chi connectivity index (χ2n) is 3.47. The first kappa shape index (κ1) is 15.2. The van der Waals surface area contributed by atoms with Gasteiger partial charge in [0.15, 0.2) is 0 Å². The fourth-order valence-corrected chi connectivity index (χ4v) is 1.09. The van der Waals surface area contributed by atoms with Crippen LogP contribution in [0.1, 0.15) is 58.8 Å². The summed E-state index contributed by atoms with van der Waals surface area (Å²) in [5, 5.41) is 0. The Morgan fingerprint density at radius 2 is 1.18 bits per heavy atom. The highest BCUT2D eigenvalue weighted by molar-refractivity contribution is 5.18. The van der Waals surface area contributed by atoms with Crippen LogP contribution in [-0.4, -0.2) is 0 Å². The minimum atomic E-state index is 0.628. The molecule has 0 atom stereocenters. The molecule has 0 rings (SSSR count). The van der Waals surface area contributed by atoms with Crippen molar-refractivity contribution in [1.29, 1.82) is 0 Å². The first-order valence-electron chi connectivity index (χ1n) is 6.18. The second-order valence-corrected chi connectivity index (χ2v) is 3.47. The maximum atomic E-state index is 3.13. The van der Waals surface area contributed by atoms with Crippen molar-refractivity contribution in [3.8, 4) is 47.4 Å². The molecule has 0 bridgehead atoms. The van der Waals surface area contributed by atoms with Gasteiger partial charge in [0.2, 0.25) is 0 Å². The van der Waals surface area contributed by atoms with Crippen LogP contribution in [0, 0.1) is 47.4 Å². The summed E-state index contributed by atoms with van der Waals surface area (Å²) in [6.45, 7) is 4.02. The summed E-state index contributed by atoms with van der Waals surface area (Å²) >= 11 is 0. The summed E-state index contributed by atoms with van der Waals surface area (Å²) in [5.74, 6) is 23.8. The Labute approximate surface area is 107 Å². The van der Waals surface area contributed by atoms with E-state index in [0.717, 1.165) is 6.42 Å². The average molecular weight is 224 g/mol. The lowest BCUT2D eigenvalue weighted by Gasteiger charge is -1.87. The van der Waals surface area contributed by atoms with Gasteiger partial charge in [0.1, 0.15) is 0 Å². The zero-order valence-corrected chi connectivity index (χ0v) is 10.9. The van der Waals surface area contributed by atoms with Gasteiger partial charge in [-0.25, -0.2) is 0 Å². The molecule has 0 aromatic carbocycles. The predicted octanol–water partition coefficient (Wildman–Crippen LogP) is 3.77. The minimum Gasteiger partial charge on any atom is -0.106 e. The van der Waals surface area contributed by atoms with E-state index in [2.05, 4.69) is 54.3 Å². The van der Waals surface area contributed by atoms with Crippen molar-refractivity contribution in [3.05, 3.63) is 0 Å². The van der Waals surface area contributed by atoms with Gasteiger partial charge in [0, 0.05) is 6.42 Å². The van der Waals surface area contributed by atoms with E-state index in [0.29, 0.717) is 19.3 Å². The molecule has 0 aliphatic heterocycles. The monoisotopic (exact) mass is 224 g/mol. The molecule has 0 saturated carbocycles. The van der Waals surface area contributed by atoms with Crippen molar-refractivity contribution in [2.75, 3.05) is 0 Å². The van der Waals surface area contributed by atoms with Crippen LogP contribution in [0.5, 0.6) is 0 Å². The molecular formula is C17H20. The van der Waals surface area contributed by atoms with Crippen LogP contribution in [0.25, 0.3) is 0 Å². The Morgan fingerprint density at radius 3 is 1.71 bits per heavy atom. The molecule has 0 saturated heterocycles. The average Bonchev–Trinajstić information content (AvgIpc) is 2.35. The van der Waals surface area contributed by atoms with Gasteiger partial charge in [0.25, 0.3) is 0 Å². The molecule has 0 aromatic heterocycles. The third-order valence-corrected chi connectivity index (χ3v) is 1.99. The van der Waals surface area contributed by atoms with E-state index in [1.165, 1.54) is 19.3 Å². The predicted molar refractivity (Wildman–Crippen MR) is 74.8 cm³/mol. The van der Waals surface area contributed by atoms with E-state index in [9.17, 15) is 0 Å². The quantitative estimate of drug-likeness (QED) is 0.505. The smallest absolute Gasteiger partial charge is 0.0703 e. The molecule has 0 aliphatic carbocycles. The fourth-order valence-electron chi connectivity index (χ4n) is 1.09. The van der Waals surface area contributed by atoms with Crippen molar-refractivity contribution in [3.63, 3.8) is 0 Å². The summed E-state index contributed by atoms with van der Waals surface area (Å²) in [4.78, 5) is 0. The highest BCUT2D eigenvalue weighted by Gasteiger charge is 1.79. The highest BCUT2D eigenvalue weighted by atomic mass is 13.8. The number of unbranched alkanes of at least 4 members (excludes halogenated alkanes) is 3. The van der Waals surface area contributed by atoms with Gasteiger partial charge in [-0.15, -0.1) is 11.8 Å². The summed E-state index contributed by atoms with van der Waals surface area (Å²) < 4.78 is 0. The van der Waals surface area contributed by atoms with Gasteiger partial charge < -0.3 is 0 Å². The normalized spacial score (nSPS) is 7.18. The van der Waals surface area contributed by atoms with E-state index in [4.69, 9.17) is 0 Å². The molecule has 0 N–H and O–H groups in total. The molecule has 0 heterocycles. The third kappa shape index (κ3) is 14.2. The number of hydrogen-bond acceptors (Lipinski definition) is 0. The van der Waals surface area contributed by atoms with E-state index in [1.807, 2.05) is 6.92 Å². The molecule has 0 fully saturated rings. The Morgan fingerprint density at radius 1 is 0.647 bits per heavy atom. The SMILES string of the molecule is CC#CCC#CCC#CCC#CCCCCC. The van der Waals surface area contributed by atoms with Crippen LogP contribution in [-0.2, 0) is 0 Å². The Kier molecular flexibility index (Phi) is 12.8. The molecule has 0 heteroatoms. The van der Waals surface area contributed by atoms with Crippen LogP contribution in [0.3, 0.4) is 0 Å². The van der Waals surface area contributed by atoms with Crippen LogP contribution in [0.15, 0.2) is 0 Å². The lowest BCUT2D eigenvalue weighted by atomic mass is 10.2. The first-order valence-corrected chi connectivity index (χ1v) is 6.18. The van der Waals surface area contributed by atoms with Crippen LogP contribution in [0.2, 0.25) is 0 Å². The van der Waals surface area contributed by atoms with Crippen molar-refractivity contribution < 1.29 is 0 Å². The number of hydrogen-bond donors (Lipinski definition) is 0. The Hall–Kier alpha value is -1.76.